The van der Waals surface area contributed by atoms with Crippen LogP contribution in [0.2, 0.25) is 0 Å². The molecule has 1 heterocycles. The number of hydrogen-bond donors (Lipinski definition) is 1. The molecular weight excluding hydrogens is 150 g/mol. The fourth-order valence-electron chi connectivity index (χ4n) is 2.65. The van der Waals surface area contributed by atoms with Crippen molar-refractivity contribution in [1.29, 1.82) is 0 Å². The Hall–Kier alpha value is -0.0800. The predicted molar refractivity (Wildman–Crippen MR) is 47.0 cm³/mol. The van der Waals surface area contributed by atoms with Crippen LogP contribution in [0.5, 0.6) is 0 Å². The van der Waals surface area contributed by atoms with Gasteiger partial charge in [-0.05, 0) is 37.5 Å². The second-order valence-corrected chi connectivity index (χ2v) is 4.53. The van der Waals surface area contributed by atoms with Crippen molar-refractivity contribution in [3.63, 3.8) is 0 Å². The zero-order valence-electron chi connectivity index (χ0n) is 7.51. The lowest BCUT2D eigenvalue weighted by molar-refractivity contribution is -0.0966. The summed E-state index contributed by atoms with van der Waals surface area (Å²) < 4.78 is 6.05. The highest BCUT2D eigenvalue weighted by molar-refractivity contribution is 5.07. The first-order valence-electron chi connectivity index (χ1n) is 5.26. The van der Waals surface area contributed by atoms with E-state index in [4.69, 9.17) is 4.74 Å². The molecule has 0 unspecified atom stereocenters. The van der Waals surface area contributed by atoms with Crippen LogP contribution in [-0.4, -0.2) is 25.3 Å². The molecule has 68 valence electrons. The van der Waals surface area contributed by atoms with Gasteiger partial charge in [-0.2, -0.15) is 0 Å². The number of ether oxygens (including phenoxy) is 1. The van der Waals surface area contributed by atoms with E-state index in [1.807, 2.05) is 0 Å². The summed E-state index contributed by atoms with van der Waals surface area (Å²) in [6.07, 6.45) is 5.66. The minimum Gasteiger partial charge on any atom is -0.372 e. The summed E-state index contributed by atoms with van der Waals surface area (Å²) in [4.78, 5) is 0. The Morgan fingerprint density at radius 3 is 2.17 bits per heavy atom. The molecule has 3 fully saturated rings. The number of morpholine rings is 1. The van der Waals surface area contributed by atoms with Gasteiger partial charge in [0.2, 0.25) is 0 Å². The van der Waals surface area contributed by atoms with Crippen molar-refractivity contribution >= 4 is 0 Å². The Labute approximate surface area is 73.7 Å². The van der Waals surface area contributed by atoms with E-state index in [-0.39, 0.29) is 5.60 Å². The lowest BCUT2D eigenvalue weighted by atomic mass is 9.90. The maximum Gasteiger partial charge on any atom is 0.0862 e. The van der Waals surface area contributed by atoms with E-state index in [1.165, 1.54) is 25.7 Å². The molecule has 1 aliphatic heterocycles. The molecule has 1 N–H and O–H groups in total. The molecule has 3 rings (SSSR count). The summed E-state index contributed by atoms with van der Waals surface area (Å²) in [6, 6.07) is 0. The van der Waals surface area contributed by atoms with Gasteiger partial charge in [-0.1, -0.05) is 0 Å². The molecule has 2 heteroatoms. The molecule has 0 atom stereocenters. The second-order valence-electron chi connectivity index (χ2n) is 4.53. The third-order valence-electron chi connectivity index (χ3n) is 3.59. The van der Waals surface area contributed by atoms with Crippen LogP contribution in [0.4, 0.5) is 0 Å². The van der Waals surface area contributed by atoms with Gasteiger partial charge in [-0.25, -0.2) is 0 Å². The van der Waals surface area contributed by atoms with Crippen LogP contribution in [0, 0.1) is 11.8 Å². The first-order chi connectivity index (χ1) is 5.92. The zero-order chi connectivity index (χ0) is 8.02. The molecule has 0 aromatic rings. The second kappa shape index (κ2) is 2.46. The van der Waals surface area contributed by atoms with Crippen molar-refractivity contribution < 1.29 is 4.74 Å². The van der Waals surface area contributed by atoms with Crippen LogP contribution in [0.25, 0.3) is 0 Å². The van der Waals surface area contributed by atoms with E-state index in [2.05, 4.69) is 5.32 Å². The quantitative estimate of drug-likeness (QED) is 0.666. The lowest BCUT2D eigenvalue weighted by Crippen LogP contribution is -2.52. The maximum atomic E-state index is 6.05. The average molecular weight is 167 g/mol. The summed E-state index contributed by atoms with van der Waals surface area (Å²) in [6.45, 7) is 3.12. The van der Waals surface area contributed by atoms with Crippen LogP contribution in [-0.2, 0) is 4.74 Å². The third-order valence-corrected chi connectivity index (χ3v) is 3.59. The number of hydrogen-bond acceptors (Lipinski definition) is 2. The van der Waals surface area contributed by atoms with Crippen molar-refractivity contribution in [1.82, 2.24) is 5.32 Å². The first-order valence-corrected chi connectivity index (χ1v) is 5.26. The van der Waals surface area contributed by atoms with Crippen LogP contribution in [0.3, 0.4) is 0 Å². The van der Waals surface area contributed by atoms with Gasteiger partial charge < -0.3 is 10.1 Å². The molecule has 0 aromatic carbocycles. The van der Waals surface area contributed by atoms with E-state index in [1.54, 1.807) is 0 Å². The van der Waals surface area contributed by atoms with E-state index in [0.29, 0.717) is 0 Å². The van der Waals surface area contributed by atoms with Crippen LogP contribution in [0.1, 0.15) is 25.7 Å². The highest BCUT2D eigenvalue weighted by atomic mass is 16.5. The summed E-state index contributed by atoms with van der Waals surface area (Å²) in [5, 5.41) is 3.49. The Balaban J connectivity index is 1.79. The Morgan fingerprint density at radius 1 is 1.08 bits per heavy atom. The standard InChI is InChI=1S/C10H17NO/c1-2-8(1)10(9-3-4-9)7-11-5-6-12-10/h8-9,11H,1-7H2. The topological polar surface area (TPSA) is 21.3 Å². The molecular formula is C10H17NO. The smallest absolute Gasteiger partial charge is 0.0862 e. The molecule has 0 bridgehead atoms. The fourth-order valence-corrected chi connectivity index (χ4v) is 2.65. The fraction of sp³-hybridized carbons (Fsp3) is 1.00. The molecule has 2 aliphatic carbocycles. The molecule has 0 spiro atoms. The normalized spacial score (nSPS) is 35.0. The first kappa shape index (κ1) is 7.34. The molecule has 0 amide bonds. The van der Waals surface area contributed by atoms with Gasteiger partial charge in [-0.15, -0.1) is 0 Å². The van der Waals surface area contributed by atoms with Crippen LogP contribution >= 0.6 is 0 Å². The van der Waals surface area contributed by atoms with Crippen molar-refractivity contribution in [3.05, 3.63) is 0 Å². The predicted octanol–water partition coefficient (Wildman–Crippen LogP) is 1.17. The summed E-state index contributed by atoms with van der Waals surface area (Å²) in [7, 11) is 0. The van der Waals surface area contributed by atoms with Gasteiger partial charge in [0.1, 0.15) is 0 Å². The van der Waals surface area contributed by atoms with Crippen LogP contribution in [0.15, 0.2) is 0 Å². The van der Waals surface area contributed by atoms with Crippen molar-refractivity contribution in [3.8, 4) is 0 Å². The zero-order valence-corrected chi connectivity index (χ0v) is 7.51. The van der Waals surface area contributed by atoms with Gasteiger partial charge in [-0.3, -0.25) is 0 Å². The minimum atomic E-state index is 0.290. The highest BCUT2D eigenvalue weighted by Crippen LogP contribution is 2.54. The third kappa shape index (κ3) is 1.01. The van der Waals surface area contributed by atoms with E-state index < -0.39 is 0 Å². The number of nitrogens with one attached hydrogen (secondary N) is 1. The van der Waals surface area contributed by atoms with Crippen molar-refractivity contribution in [2.45, 2.75) is 31.3 Å². The molecule has 12 heavy (non-hydrogen) atoms. The largest absolute Gasteiger partial charge is 0.372 e. The maximum absolute atomic E-state index is 6.05. The van der Waals surface area contributed by atoms with Gasteiger partial charge in [0, 0.05) is 13.1 Å². The Morgan fingerprint density at radius 2 is 1.75 bits per heavy atom. The van der Waals surface area contributed by atoms with Gasteiger partial charge in [0.05, 0.1) is 12.2 Å². The summed E-state index contributed by atoms with van der Waals surface area (Å²) >= 11 is 0. The van der Waals surface area contributed by atoms with Crippen molar-refractivity contribution in [2.75, 3.05) is 19.7 Å². The minimum absolute atomic E-state index is 0.290. The average Bonchev–Trinajstić information content (AvgIpc) is 2.98. The van der Waals surface area contributed by atoms with Gasteiger partial charge in [0.15, 0.2) is 0 Å². The van der Waals surface area contributed by atoms with Crippen LogP contribution < -0.4 is 5.32 Å². The molecule has 0 radical (unpaired) electrons. The van der Waals surface area contributed by atoms with E-state index in [0.717, 1.165) is 31.5 Å². The van der Waals surface area contributed by atoms with Gasteiger partial charge >= 0.3 is 0 Å². The van der Waals surface area contributed by atoms with Gasteiger partial charge in [0.25, 0.3) is 0 Å². The molecule has 2 saturated carbocycles. The molecule has 1 saturated heterocycles. The monoisotopic (exact) mass is 167 g/mol. The van der Waals surface area contributed by atoms with E-state index in [9.17, 15) is 0 Å². The van der Waals surface area contributed by atoms with E-state index >= 15 is 0 Å². The molecule has 3 aliphatic rings. The Kier molecular flexibility index (Phi) is 1.50. The Bertz CT molecular complexity index is 164. The highest BCUT2D eigenvalue weighted by Gasteiger charge is 2.55. The molecule has 0 aromatic heterocycles. The SMILES string of the molecule is C1COC(C2CC2)(C2CC2)CN1. The number of rotatable bonds is 2. The summed E-state index contributed by atoms with van der Waals surface area (Å²) in [5.74, 6) is 1.80. The molecule has 2 nitrogen and oxygen atoms in total. The summed E-state index contributed by atoms with van der Waals surface area (Å²) in [5.41, 5.74) is 0.290. The lowest BCUT2D eigenvalue weighted by Gasteiger charge is -2.38. The van der Waals surface area contributed by atoms with Crippen molar-refractivity contribution in [2.24, 2.45) is 11.8 Å².